The van der Waals surface area contributed by atoms with Crippen molar-refractivity contribution in [3.63, 3.8) is 0 Å². The quantitative estimate of drug-likeness (QED) is 0.688. The van der Waals surface area contributed by atoms with Crippen molar-refractivity contribution in [2.24, 2.45) is 0 Å². The van der Waals surface area contributed by atoms with Gasteiger partial charge in [-0.05, 0) is 48.2 Å². The third kappa shape index (κ3) is 4.46. The molecule has 0 atom stereocenters. The maximum atomic E-state index is 12.1. The summed E-state index contributed by atoms with van der Waals surface area (Å²) in [5.41, 5.74) is 4.16. The van der Waals surface area contributed by atoms with Gasteiger partial charge in [-0.1, -0.05) is 19.9 Å². The first-order valence-electron chi connectivity index (χ1n) is 8.42. The number of nitrogens with zero attached hydrogens (tertiary/aromatic N) is 2. The Kier molecular flexibility index (Phi) is 5.63. The van der Waals surface area contributed by atoms with Crippen molar-refractivity contribution in [3.8, 4) is 17.0 Å². The zero-order chi connectivity index (χ0) is 18.5. The highest BCUT2D eigenvalue weighted by atomic mass is 32.1. The second-order valence-electron chi connectivity index (χ2n) is 6.29. The fraction of sp³-hybridized carbons (Fsp3) is 0.250. The van der Waals surface area contributed by atoms with Gasteiger partial charge in [-0.15, -0.1) is 11.3 Å². The number of benzene rings is 1. The molecule has 1 N–H and O–H groups in total. The minimum Gasteiger partial charge on any atom is -0.484 e. The number of thiazole rings is 1. The van der Waals surface area contributed by atoms with E-state index in [1.165, 1.54) is 22.5 Å². The maximum Gasteiger partial charge on any atom is 0.264 e. The summed E-state index contributed by atoms with van der Waals surface area (Å²) in [6.07, 6.45) is 3.46. The molecule has 0 fully saturated rings. The Morgan fingerprint density at radius 1 is 1.31 bits per heavy atom. The normalized spacial score (nSPS) is 10.8. The molecule has 2 heterocycles. The number of carbonyl (C=O) groups is 1. The molecule has 0 saturated heterocycles. The third-order valence-corrected chi connectivity index (χ3v) is 4.70. The number of anilines is 1. The number of aryl methyl sites for hydroxylation is 1. The number of hydrogen-bond acceptors (Lipinski definition) is 5. The van der Waals surface area contributed by atoms with E-state index >= 15 is 0 Å². The minimum atomic E-state index is -0.234. The van der Waals surface area contributed by atoms with Crippen molar-refractivity contribution in [1.82, 2.24) is 9.97 Å². The number of aromatic nitrogens is 2. The van der Waals surface area contributed by atoms with Gasteiger partial charge in [0.1, 0.15) is 5.75 Å². The molecule has 3 rings (SSSR count). The van der Waals surface area contributed by atoms with Crippen molar-refractivity contribution in [2.45, 2.75) is 26.7 Å². The Morgan fingerprint density at radius 2 is 2.15 bits per heavy atom. The zero-order valence-corrected chi connectivity index (χ0v) is 15.8. The van der Waals surface area contributed by atoms with Crippen LogP contribution < -0.4 is 10.1 Å². The Bertz CT molecular complexity index is 891. The first-order valence-corrected chi connectivity index (χ1v) is 9.30. The zero-order valence-electron chi connectivity index (χ0n) is 15.0. The van der Waals surface area contributed by atoms with Crippen LogP contribution >= 0.6 is 11.3 Å². The highest BCUT2D eigenvalue weighted by Gasteiger charge is 2.10. The summed E-state index contributed by atoms with van der Waals surface area (Å²) in [7, 11) is 0. The molecule has 0 aliphatic rings. The molecule has 0 unspecified atom stereocenters. The van der Waals surface area contributed by atoms with Gasteiger partial charge in [-0.25, -0.2) is 4.98 Å². The van der Waals surface area contributed by atoms with Crippen molar-refractivity contribution in [1.29, 1.82) is 0 Å². The maximum absolute atomic E-state index is 12.1. The van der Waals surface area contributed by atoms with Crippen LogP contribution in [-0.4, -0.2) is 22.5 Å². The lowest BCUT2D eigenvalue weighted by atomic mass is 9.98. The molecule has 26 heavy (non-hydrogen) atoms. The second-order valence-corrected chi connectivity index (χ2v) is 7.15. The second kappa shape index (κ2) is 8.10. The van der Waals surface area contributed by atoms with Gasteiger partial charge < -0.3 is 4.74 Å². The first-order chi connectivity index (χ1) is 12.5. The monoisotopic (exact) mass is 367 g/mol. The molecule has 0 bridgehead atoms. The number of amides is 1. The number of nitrogens with one attached hydrogen (secondary N) is 1. The Labute approximate surface area is 157 Å². The van der Waals surface area contributed by atoms with Crippen LogP contribution in [0.4, 0.5) is 5.13 Å². The van der Waals surface area contributed by atoms with E-state index in [1.807, 2.05) is 35.7 Å². The molecule has 1 aromatic carbocycles. The molecular weight excluding hydrogens is 346 g/mol. The third-order valence-electron chi connectivity index (χ3n) is 3.94. The van der Waals surface area contributed by atoms with Crippen molar-refractivity contribution in [3.05, 3.63) is 59.2 Å². The fourth-order valence-electron chi connectivity index (χ4n) is 2.67. The Balaban J connectivity index is 1.56. The van der Waals surface area contributed by atoms with E-state index in [0.29, 0.717) is 16.8 Å². The molecule has 3 aromatic rings. The highest BCUT2D eigenvalue weighted by Crippen LogP contribution is 2.25. The van der Waals surface area contributed by atoms with Crippen molar-refractivity contribution in [2.75, 3.05) is 11.9 Å². The summed E-state index contributed by atoms with van der Waals surface area (Å²) in [4.78, 5) is 20.6. The lowest BCUT2D eigenvalue weighted by Crippen LogP contribution is -2.20. The van der Waals surface area contributed by atoms with E-state index in [9.17, 15) is 4.79 Å². The first kappa shape index (κ1) is 18.1. The molecule has 134 valence electrons. The average molecular weight is 367 g/mol. The molecule has 0 aliphatic heterocycles. The van der Waals surface area contributed by atoms with Crippen LogP contribution in [0, 0.1) is 6.92 Å². The van der Waals surface area contributed by atoms with Crippen molar-refractivity contribution < 1.29 is 9.53 Å². The molecule has 1 amide bonds. The predicted molar refractivity (Wildman–Crippen MR) is 105 cm³/mol. The van der Waals surface area contributed by atoms with Crippen LogP contribution in [0.5, 0.6) is 5.75 Å². The van der Waals surface area contributed by atoms with Crippen LogP contribution in [0.3, 0.4) is 0 Å². The fourth-order valence-corrected chi connectivity index (χ4v) is 3.40. The lowest BCUT2D eigenvalue weighted by molar-refractivity contribution is -0.118. The Hall–Kier alpha value is -2.73. The van der Waals surface area contributed by atoms with Crippen LogP contribution in [0.1, 0.15) is 30.9 Å². The van der Waals surface area contributed by atoms with Crippen LogP contribution in [0.25, 0.3) is 11.3 Å². The van der Waals surface area contributed by atoms with Crippen molar-refractivity contribution >= 4 is 22.4 Å². The van der Waals surface area contributed by atoms with Crippen LogP contribution in [0.15, 0.2) is 48.1 Å². The summed E-state index contributed by atoms with van der Waals surface area (Å²) in [5, 5.41) is 5.21. The largest absolute Gasteiger partial charge is 0.484 e. The number of carbonyl (C=O) groups excluding carboxylic acids is 1. The summed E-state index contributed by atoms with van der Waals surface area (Å²) in [6, 6.07) is 9.70. The van der Waals surface area contributed by atoms with E-state index in [2.05, 4.69) is 36.1 Å². The molecule has 5 nitrogen and oxygen atoms in total. The Morgan fingerprint density at radius 3 is 2.85 bits per heavy atom. The number of ether oxygens (including phenoxy) is 1. The summed E-state index contributed by atoms with van der Waals surface area (Å²) >= 11 is 1.38. The van der Waals surface area contributed by atoms with Gasteiger partial charge in [0.2, 0.25) is 0 Å². The number of hydrogen-bond donors (Lipinski definition) is 1. The lowest BCUT2D eigenvalue weighted by Gasteiger charge is -2.12. The van der Waals surface area contributed by atoms with Crippen LogP contribution in [-0.2, 0) is 4.79 Å². The van der Waals surface area contributed by atoms with Gasteiger partial charge >= 0.3 is 0 Å². The van der Waals surface area contributed by atoms with Gasteiger partial charge in [0.25, 0.3) is 5.91 Å². The summed E-state index contributed by atoms with van der Waals surface area (Å²) < 4.78 is 5.60. The average Bonchev–Trinajstić information content (AvgIpc) is 3.09. The van der Waals surface area contributed by atoms with E-state index in [-0.39, 0.29) is 12.5 Å². The summed E-state index contributed by atoms with van der Waals surface area (Å²) in [6.45, 7) is 6.31. The smallest absolute Gasteiger partial charge is 0.264 e. The van der Waals surface area contributed by atoms with Gasteiger partial charge in [-0.3, -0.25) is 15.1 Å². The highest BCUT2D eigenvalue weighted by molar-refractivity contribution is 7.14. The molecule has 2 aromatic heterocycles. The van der Waals surface area contributed by atoms with Gasteiger partial charge in [0.05, 0.1) is 5.69 Å². The van der Waals surface area contributed by atoms with E-state index in [0.717, 1.165) is 11.3 Å². The standard InChI is InChI=1S/C20H21N3O2S/c1-13(2)17-7-6-16(9-14(17)3)25-11-19(24)23-20-22-18(12-26-20)15-5-4-8-21-10-15/h4-10,12-13H,11H2,1-3H3,(H,22,23,24). The molecule has 0 radical (unpaired) electrons. The van der Waals surface area contributed by atoms with Gasteiger partial charge in [0, 0.05) is 23.3 Å². The topological polar surface area (TPSA) is 64.1 Å². The SMILES string of the molecule is Cc1cc(OCC(=O)Nc2nc(-c3cccnc3)cs2)ccc1C(C)C. The summed E-state index contributed by atoms with van der Waals surface area (Å²) in [5.74, 6) is 0.922. The minimum absolute atomic E-state index is 0.0533. The van der Waals surface area contributed by atoms with Gasteiger partial charge in [0.15, 0.2) is 11.7 Å². The molecular formula is C20H21N3O2S. The number of pyridine rings is 1. The molecule has 6 heteroatoms. The van der Waals surface area contributed by atoms with E-state index < -0.39 is 0 Å². The number of rotatable bonds is 6. The molecule has 0 spiro atoms. The van der Waals surface area contributed by atoms with Crippen LogP contribution in [0.2, 0.25) is 0 Å². The molecule has 0 aliphatic carbocycles. The predicted octanol–water partition coefficient (Wildman–Crippen LogP) is 4.65. The van der Waals surface area contributed by atoms with E-state index in [4.69, 9.17) is 4.74 Å². The van der Waals surface area contributed by atoms with E-state index in [1.54, 1.807) is 12.4 Å². The molecule has 0 saturated carbocycles. The van der Waals surface area contributed by atoms with Gasteiger partial charge in [-0.2, -0.15) is 0 Å².